The summed E-state index contributed by atoms with van der Waals surface area (Å²) in [7, 11) is 1.47. The quantitative estimate of drug-likeness (QED) is 0.766. The molecular weight excluding hydrogens is 295 g/mol. The fraction of sp³-hybridized carbons (Fsp3) is 0.316. The van der Waals surface area contributed by atoms with E-state index in [1.54, 1.807) is 6.07 Å². The zero-order valence-corrected chi connectivity index (χ0v) is 14.1. The van der Waals surface area contributed by atoms with Crippen LogP contribution in [0.2, 0.25) is 0 Å². The smallest absolute Gasteiger partial charge is 0.339 e. The van der Waals surface area contributed by atoms with E-state index in [-0.39, 0.29) is 0 Å². The predicted molar refractivity (Wildman–Crippen MR) is 88.3 cm³/mol. The van der Waals surface area contributed by atoms with Gasteiger partial charge in [0.1, 0.15) is 17.2 Å². The van der Waals surface area contributed by atoms with E-state index in [0.717, 1.165) is 5.56 Å². The van der Waals surface area contributed by atoms with E-state index in [0.29, 0.717) is 22.4 Å². The Kier molecular flexibility index (Phi) is 4.73. The fourth-order valence-corrected chi connectivity index (χ4v) is 2.38. The van der Waals surface area contributed by atoms with Crippen LogP contribution in [0.25, 0.3) is 11.1 Å². The summed E-state index contributed by atoms with van der Waals surface area (Å²) < 4.78 is 24.2. The first-order valence-electron chi connectivity index (χ1n) is 7.40. The number of halogens is 1. The third-order valence-corrected chi connectivity index (χ3v) is 3.33. The molecule has 2 rings (SSSR count). The van der Waals surface area contributed by atoms with Gasteiger partial charge in [-0.05, 0) is 45.4 Å². The summed E-state index contributed by atoms with van der Waals surface area (Å²) in [6.45, 7) is 7.31. The minimum absolute atomic E-state index is 0.375. The Hall–Kier alpha value is -2.36. The Bertz CT molecular complexity index is 730. The highest BCUT2D eigenvalue weighted by Crippen LogP contribution is 2.35. The Morgan fingerprint density at radius 2 is 1.78 bits per heavy atom. The van der Waals surface area contributed by atoms with Crippen molar-refractivity contribution in [2.45, 2.75) is 33.3 Å². The number of rotatable bonds is 3. The number of esters is 1. The van der Waals surface area contributed by atoms with Crippen LogP contribution < -0.4 is 4.74 Å². The molecule has 122 valence electrons. The topological polar surface area (TPSA) is 35.5 Å². The zero-order valence-electron chi connectivity index (χ0n) is 14.1. The van der Waals surface area contributed by atoms with Gasteiger partial charge >= 0.3 is 5.97 Å². The molecule has 0 aliphatic carbocycles. The third-order valence-electron chi connectivity index (χ3n) is 3.33. The van der Waals surface area contributed by atoms with E-state index in [2.05, 4.69) is 0 Å². The first-order chi connectivity index (χ1) is 10.7. The SMILES string of the molecule is COc1cc(F)ccc1-c1cccc(C)c1C(=O)OC(C)(C)C. The monoisotopic (exact) mass is 316 g/mol. The highest BCUT2D eigenvalue weighted by Gasteiger charge is 2.23. The molecule has 0 saturated heterocycles. The molecule has 23 heavy (non-hydrogen) atoms. The molecule has 3 nitrogen and oxygen atoms in total. The van der Waals surface area contributed by atoms with Gasteiger partial charge in [-0.1, -0.05) is 18.2 Å². The zero-order chi connectivity index (χ0) is 17.2. The second-order valence-electron chi connectivity index (χ2n) is 6.34. The van der Waals surface area contributed by atoms with Crippen molar-refractivity contribution in [1.29, 1.82) is 0 Å². The van der Waals surface area contributed by atoms with Gasteiger partial charge in [0.2, 0.25) is 0 Å². The molecule has 0 unspecified atom stereocenters. The van der Waals surface area contributed by atoms with Crippen LogP contribution in [-0.2, 0) is 4.74 Å². The van der Waals surface area contributed by atoms with Gasteiger partial charge in [-0.2, -0.15) is 0 Å². The minimum atomic E-state index is -0.594. The Balaban J connectivity index is 2.61. The molecule has 0 fully saturated rings. The van der Waals surface area contributed by atoms with Crippen molar-refractivity contribution in [1.82, 2.24) is 0 Å². The lowest BCUT2D eigenvalue weighted by Crippen LogP contribution is -2.24. The number of aryl methyl sites for hydroxylation is 1. The maximum absolute atomic E-state index is 13.4. The highest BCUT2D eigenvalue weighted by molar-refractivity contribution is 5.99. The number of carbonyl (C=O) groups is 1. The first kappa shape index (κ1) is 17.0. The summed E-state index contributed by atoms with van der Waals surface area (Å²) in [5, 5.41) is 0. The number of benzene rings is 2. The van der Waals surface area contributed by atoms with Crippen LogP contribution in [-0.4, -0.2) is 18.7 Å². The normalized spacial score (nSPS) is 11.2. The van der Waals surface area contributed by atoms with Gasteiger partial charge in [0, 0.05) is 17.2 Å². The number of ether oxygens (including phenoxy) is 2. The molecule has 0 bridgehead atoms. The van der Waals surface area contributed by atoms with E-state index < -0.39 is 17.4 Å². The van der Waals surface area contributed by atoms with Crippen molar-refractivity contribution in [2.75, 3.05) is 7.11 Å². The van der Waals surface area contributed by atoms with Gasteiger partial charge in [0.05, 0.1) is 12.7 Å². The van der Waals surface area contributed by atoms with Crippen LogP contribution in [0.5, 0.6) is 5.75 Å². The van der Waals surface area contributed by atoms with Crippen molar-refractivity contribution < 1.29 is 18.7 Å². The molecule has 0 saturated carbocycles. The maximum atomic E-state index is 13.4. The highest BCUT2D eigenvalue weighted by atomic mass is 19.1. The van der Waals surface area contributed by atoms with Crippen molar-refractivity contribution in [3.05, 3.63) is 53.3 Å². The molecular formula is C19H21FO3. The molecule has 0 N–H and O–H groups in total. The number of hydrogen-bond donors (Lipinski definition) is 0. The number of carbonyl (C=O) groups excluding carboxylic acids is 1. The number of methoxy groups -OCH3 is 1. The lowest BCUT2D eigenvalue weighted by atomic mass is 9.95. The van der Waals surface area contributed by atoms with Gasteiger partial charge < -0.3 is 9.47 Å². The Morgan fingerprint density at radius 1 is 1.09 bits per heavy atom. The van der Waals surface area contributed by atoms with E-state index in [1.807, 2.05) is 45.9 Å². The second-order valence-corrected chi connectivity index (χ2v) is 6.34. The summed E-state index contributed by atoms with van der Waals surface area (Å²) in [5.74, 6) is -0.422. The minimum Gasteiger partial charge on any atom is -0.496 e. The van der Waals surface area contributed by atoms with Gasteiger partial charge in [-0.3, -0.25) is 0 Å². The summed E-state index contributed by atoms with van der Waals surface area (Å²) in [6.07, 6.45) is 0. The summed E-state index contributed by atoms with van der Waals surface area (Å²) >= 11 is 0. The summed E-state index contributed by atoms with van der Waals surface area (Å²) in [5.41, 5.74) is 1.98. The van der Waals surface area contributed by atoms with Crippen molar-refractivity contribution in [2.24, 2.45) is 0 Å². The molecule has 0 amide bonds. The molecule has 0 spiro atoms. The summed E-state index contributed by atoms with van der Waals surface area (Å²) in [6, 6.07) is 9.76. The van der Waals surface area contributed by atoms with Crippen LogP contribution in [0.4, 0.5) is 4.39 Å². The molecule has 0 radical (unpaired) electrons. The number of hydrogen-bond acceptors (Lipinski definition) is 3. The molecule has 2 aromatic rings. The predicted octanol–water partition coefficient (Wildman–Crippen LogP) is 4.77. The summed E-state index contributed by atoms with van der Waals surface area (Å²) in [4.78, 5) is 12.6. The first-order valence-corrected chi connectivity index (χ1v) is 7.40. The largest absolute Gasteiger partial charge is 0.496 e. The van der Waals surface area contributed by atoms with Gasteiger partial charge in [0.25, 0.3) is 0 Å². The van der Waals surface area contributed by atoms with Gasteiger partial charge in [-0.15, -0.1) is 0 Å². The molecule has 0 atom stereocenters. The van der Waals surface area contributed by atoms with Crippen LogP contribution in [0, 0.1) is 12.7 Å². The second kappa shape index (κ2) is 6.41. The Morgan fingerprint density at radius 3 is 2.39 bits per heavy atom. The van der Waals surface area contributed by atoms with E-state index >= 15 is 0 Å². The lowest BCUT2D eigenvalue weighted by Gasteiger charge is -2.22. The molecule has 0 aliphatic rings. The molecule has 0 aliphatic heterocycles. The van der Waals surface area contributed by atoms with Crippen molar-refractivity contribution in [3.63, 3.8) is 0 Å². The van der Waals surface area contributed by atoms with Crippen LogP contribution in [0.1, 0.15) is 36.7 Å². The molecule has 4 heteroatoms. The van der Waals surface area contributed by atoms with E-state index in [1.165, 1.54) is 19.2 Å². The standard InChI is InChI=1S/C19H21FO3/c1-12-7-6-8-15(17(12)18(21)23-19(2,3)4)14-10-9-13(20)11-16(14)22-5/h6-11H,1-5H3. The van der Waals surface area contributed by atoms with Gasteiger partial charge in [0.15, 0.2) is 0 Å². The maximum Gasteiger partial charge on any atom is 0.339 e. The van der Waals surface area contributed by atoms with Gasteiger partial charge in [-0.25, -0.2) is 9.18 Å². The van der Waals surface area contributed by atoms with Crippen LogP contribution >= 0.6 is 0 Å². The average Bonchev–Trinajstić information content (AvgIpc) is 2.44. The van der Waals surface area contributed by atoms with Crippen molar-refractivity contribution in [3.8, 4) is 16.9 Å². The lowest BCUT2D eigenvalue weighted by molar-refractivity contribution is 0.00697. The van der Waals surface area contributed by atoms with Crippen LogP contribution in [0.3, 0.4) is 0 Å². The van der Waals surface area contributed by atoms with Crippen molar-refractivity contribution >= 4 is 5.97 Å². The average molecular weight is 316 g/mol. The fourth-order valence-electron chi connectivity index (χ4n) is 2.38. The van der Waals surface area contributed by atoms with Crippen LogP contribution in [0.15, 0.2) is 36.4 Å². The third kappa shape index (κ3) is 3.89. The van der Waals surface area contributed by atoms with E-state index in [9.17, 15) is 9.18 Å². The van der Waals surface area contributed by atoms with E-state index in [4.69, 9.17) is 9.47 Å². The molecule has 0 aromatic heterocycles. The Labute approximate surface area is 136 Å². The molecule has 2 aromatic carbocycles. The molecule has 0 heterocycles.